The Morgan fingerprint density at radius 1 is 1.05 bits per heavy atom. The van der Waals surface area contributed by atoms with E-state index in [9.17, 15) is 22.8 Å². The molecule has 3 fully saturated rings. The topological polar surface area (TPSA) is 116 Å². The second-order valence-electron chi connectivity index (χ2n) is 11.1. The van der Waals surface area contributed by atoms with E-state index in [1.54, 1.807) is 12.1 Å². The zero-order valence-corrected chi connectivity index (χ0v) is 24.3. The molecule has 2 aliphatic heterocycles. The molecule has 0 radical (unpaired) electrons. The summed E-state index contributed by atoms with van der Waals surface area (Å²) < 4.78 is 23.4. The summed E-state index contributed by atoms with van der Waals surface area (Å²) in [4.78, 5) is 42.4. The highest BCUT2D eigenvalue weighted by atomic mass is 35.5. The third kappa shape index (κ3) is 7.03. The Labute approximate surface area is 242 Å². The summed E-state index contributed by atoms with van der Waals surface area (Å²) in [5.74, 6) is 0.411. The van der Waals surface area contributed by atoms with E-state index in [2.05, 4.69) is 15.5 Å². The number of hydrogen-bond acceptors (Lipinski definition) is 6. The molecule has 1 atom stereocenters. The highest BCUT2D eigenvalue weighted by molar-refractivity contribution is 7.90. The summed E-state index contributed by atoms with van der Waals surface area (Å²) in [6, 6.07) is 15.8. The van der Waals surface area contributed by atoms with Crippen LogP contribution in [0.3, 0.4) is 0 Å². The monoisotopic (exact) mass is 588 g/mol. The van der Waals surface area contributed by atoms with Crippen molar-refractivity contribution in [2.45, 2.75) is 61.5 Å². The van der Waals surface area contributed by atoms with Crippen LogP contribution >= 0.6 is 12.4 Å². The molecule has 3 aliphatic rings. The molecular formula is C29H37ClN4O5S. The molecule has 2 N–H and O–H groups in total. The molecule has 2 aromatic carbocycles. The average Bonchev–Trinajstić information content (AvgIpc) is 3.70. The molecule has 216 valence electrons. The summed E-state index contributed by atoms with van der Waals surface area (Å²) >= 11 is 0. The summed E-state index contributed by atoms with van der Waals surface area (Å²) in [6.07, 6.45) is 5.82. The van der Waals surface area contributed by atoms with E-state index in [0.717, 1.165) is 37.6 Å². The van der Waals surface area contributed by atoms with Crippen molar-refractivity contribution in [1.82, 2.24) is 20.4 Å². The van der Waals surface area contributed by atoms with Crippen LogP contribution in [-0.2, 0) is 26.0 Å². The number of benzene rings is 2. The van der Waals surface area contributed by atoms with Crippen LogP contribution in [-0.4, -0.2) is 67.5 Å². The van der Waals surface area contributed by atoms with Crippen LogP contribution < -0.4 is 10.6 Å². The number of rotatable bonds is 10. The quantitative estimate of drug-likeness (QED) is 0.411. The Bertz CT molecular complexity index is 1320. The second-order valence-corrected chi connectivity index (χ2v) is 13.1. The highest BCUT2D eigenvalue weighted by Crippen LogP contribution is 2.33. The van der Waals surface area contributed by atoms with E-state index in [-0.39, 0.29) is 41.7 Å². The van der Waals surface area contributed by atoms with Gasteiger partial charge >= 0.3 is 6.03 Å². The van der Waals surface area contributed by atoms with Crippen LogP contribution in [0.1, 0.15) is 55.7 Å². The van der Waals surface area contributed by atoms with Crippen molar-refractivity contribution in [3.05, 3.63) is 65.7 Å². The van der Waals surface area contributed by atoms with Gasteiger partial charge in [0.2, 0.25) is 5.91 Å². The fraction of sp³-hybridized carbons (Fsp3) is 0.483. The van der Waals surface area contributed by atoms with Gasteiger partial charge in [0.05, 0.1) is 17.5 Å². The molecule has 40 heavy (non-hydrogen) atoms. The number of nitrogens with zero attached hydrogens (tertiary/aromatic N) is 2. The first-order chi connectivity index (χ1) is 18.6. The minimum absolute atomic E-state index is 0. The number of urea groups is 1. The van der Waals surface area contributed by atoms with Gasteiger partial charge in [-0.25, -0.2) is 13.2 Å². The summed E-state index contributed by atoms with van der Waals surface area (Å²) in [5, 5.41) is 6.17. The van der Waals surface area contributed by atoms with E-state index >= 15 is 0 Å². The van der Waals surface area contributed by atoms with Crippen LogP contribution in [0.4, 0.5) is 4.79 Å². The predicted octanol–water partition coefficient (Wildman–Crippen LogP) is 3.45. The molecule has 5 rings (SSSR count). The zero-order valence-electron chi connectivity index (χ0n) is 22.7. The molecule has 0 aromatic heterocycles. The normalized spacial score (nSPS) is 19.7. The third-order valence-electron chi connectivity index (χ3n) is 8.09. The third-order valence-corrected chi connectivity index (χ3v) is 9.22. The maximum absolute atomic E-state index is 13.4. The number of nitrogens with one attached hydrogen (secondary N) is 2. The fourth-order valence-corrected chi connectivity index (χ4v) is 6.13. The van der Waals surface area contributed by atoms with Crippen molar-refractivity contribution in [2.75, 3.05) is 25.9 Å². The van der Waals surface area contributed by atoms with Crippen molar-refractivity contribution in [3.8, 4) is 0 Å². The largest absolute Gasteiger partial charge is 0.349 e. The molecule has 11 heteroatoms. The van der Waals surface area contributed by atoms with Gasteiger partial charge in [-0.2, -0.15) is 0 Å². The smallest absolute Gasteiger partial charge is 0.325 e. The Kier molecular flexibility index (Phi) is 9.22. The van der Waals surface area contributed by atoms with Crippen LogP contribution in [0.15, 0.2) is 59.5 Å². The number of hydrogen-bond donors (Lipinski definition) is 2. The van der Waals surface area contributed by atoms with Gasteiger partial charge in [0, 0.05) is 32.3 Å². The van der Waals surface area contributed by atoms with Gasteiger partial charge in [0.1, 0.15) is 5.54 Å². The summed E-state index contributed by atoms with van der Waals surface area (Å²) in [5.41, 5.74) is 0.877. The highest BCUT2D eigenvalue weighted by Gasteiger charge is 2.52. The number of carbonyl (C=O) groups is 3. The minimum Gasteiger partial charge on any atom is -0.349 e. The maximum Gasteiger partial charge on any atom is 0.325 e. The number of imide groups is 1. The summed E-state index contributed by atoms with van der Waals surface area (Å²) in [6.45, 7) is 2.21. The van der Waals surface area contributed by atoms with Gasteiger partial charge in [0.15, 0.2) is 9.84 Å². The van der Waals surface area contributed by atoms with E-state index in [1.807, 2.05) is 30.3 Å². The van der Waals surface area contributed by atoms with Gasteiger partial charge in [-0.05, 0) is 61.3 Å². The SMILES string of the molecule is CS(=O)(=O)c1ccc(CN2C(=O)NC3(CCN(CC[C@H](NC(=O)CC4CC4)c4ccccc4)CC3)C2=O)cc1.Cl. The van der Waals surface area contributed by atoms with Crippen molar-refractivity contribution in [3.63, 3.8) is 0 Å². The van der Waals surface area contributed by atoms with E-state index in [1.165, 1.54) is 17.0 Å². The van der Waals surface area contributed by atoms with Crippen molar-refractivity contribution in [1.29, 1.82) is 0 Å². The molecular weight excluding hydrogens is 552 g/mol. The molecule has 1 aliphatic carbocycles. The van der Waals surface area contributed by atoms with Gasteiger partial charge < -0.3 is 15.5 Å². The first-order valence-corrected chi connectivity index (χ1v) is 15.5. The van der Waals surface area contributed by atoms with Crippen LogP contribution in [0.5, 0.6) is 0 Å². The molecule has 0 unspecified atom stereocenters. The number of carbonyl (C=O) groups excluding carboxylic acids is 3. The molecule has 9 nitrogen and oxygen atoms in total. The molecule has 1 spiro atoms. The average molecular weight is 589 g/mol. The number of piperidine rings is 1. The standard InChI is InChI=1S/C29H36N4O5S.ClH/c1-39(37,38)24-11-9-22(10-12-24)20-33-27(35)29(31-28(33)36)14-17-32(18-15-29)16-13-25(23-5-3-2-4-6-23)30-26(34)19-21-7-8-21;/h2-6,9-12,21,25H,7-8,13-20H2,1H3,(H,30,34)(H,31,36);1H/t25-;/m0./s1. The zero-order chi connectivity index (χ0) is 27.6. The van der Waals surface area contributed by atoms with Gasteiger partial charge in [-0.1, -0.05) is 42.5 Å². The van der Waals surface area contributed by atoms with Gasteiger partial charge in [0.25, 0.3) is 5.91 Å². The lowest BCUT2D eigenvalue weighted by atomic mass is 9.87. The molecule has 2 aromatic rings. The van der Waals surface area contributed by atoms with Gasteiger partial charge in [-0.15, -0.1) is 12.4 Å². The minimum atomic E-state index is -3.32. The number of halogens is 1. The lowest BCUT2D eigenvalue weighted by Gasteiger charge is -2.37. The Morgan fingerprint density at radius 2 is 1.70 bits per heavy atom. The Morgan fingerprint density at radius 3 is 2.30 bits per heavy atom. The number of amides is 4. The molecule has 4 amide bonds. The Hall–Kier alpha value is -2.95. The molecule has 1 saturated carbocycles. The number of sulfone groups is 1. The maximum atomic E-state index is 13.4. The van der Waals surface area contributed by atoms with Crippen LogP contribution in [0, 0.1) is 5.92 Å². The van der Waals surface area contributed by atoms with E-state index in [4.69, 9.17) is 0 Å². The second kappa shape index (κ2) is 12.3. The van der Waals surface area contributed by atoms with E-state index < -0.39 is 21.4 Å². The van der Waals surface area contributed by atoms with Gasteiger partial charge in [-0.3, -0.25) is 14.5 Å². The Balaban J connectivity index is 0.00000370. The van der Waals surface area contributed by atoms with Crippen molar-refractivity contribution < 1.29 is 22.8 Å². The molecule has 2 heterocycles. The fourth-order valence-electron chi connectivity index (χ4n) is 5.50. The van der Waals surface area contributed by atoms with Crippen molar-refractivity contribution in [2.24, 2.45) is 5.92 Å². The lowest BCUT2D eigenvalue weighted by molar-refractivity contribution is -0.133. The lowest BCUT2D eigenvalue weighted by Crippen LogP contribution is -2.55. The molecule has 2 saturated heterocycles. The summed E-state index contributed by atoms with van der Waals surface area (Å²) in [7, 11) is -3.32. The predicted molar refractivity (Wildman–Crippen MR) is 154 cm³/mol. The number of likely N-dealkylation sites (tertiary alicyclic amines) is 1. The van der Waals surface area contributed by atoms with E-state index in [0.29, 0.717) is 43.8 Å². The first-order valence-electron chi connectivity index (χ1n) is 13.6. The van der Waals surface area contributed by atoms with Crippen LogP contribution in [0.2, 0.25) is 0 Å². The first kappa shape index (κ1) is 30.0. The van der Waals surface area contributed by atoms with Crippen LogP contribution in [0.25, 0.3) is 0 Å². The van der Waals surface area contributed by atoms with Crippen molar-refractivity contribution >= 4 is 40.1 Å². The molecule has 0 bridgehead atoms.